The average molecular weight is 265 g/mol. The minimum Gasteiger partial charge on any atom is -0.368 e. The van der Waals surface area contributed by atoms with Crippen molar-refractivity contribution in [2.45, 2.75) is 31.9 Å². The molecule has 1 aliphatic heterocycles. The Hall–Kier alpha value is -1.43. The van der Waals surface area contributed by atoms with Crippen molar-refractivity contribution in [1.29, 1.82) is 0 Å². The summed E-state index contributed by atoms with van der Waals surface area (Å²) in [6, 6.07) is 0. The molecule has 1 unspecified atom stereocenters. The Morgan fingerprint density at radius 2 is 2.05 bits per heavy atom. The normalized spacial score (nSPS) is 27.2. The van der Waals surface area contributed by atoms with Crippen molar-refractivity contribution >= 4 is 11.8 Å². The van der Waals surface area contributed by atoms with Crippen LogP contribution in [0.1, 0.15) is 31.0 Å². The van der Waals surface area contributed by atoms with Gasteiger partial charge in [-0.2, -0.15) is 4.98 Å². The second-order valence-corrected chi connectivity index (χ2v) is 5.52. The highest BCUT2D eigenvalue weighted by atomic mass is 19.1. The van der Waals surface area contributed by atoms with Crippen LogP contribution in [0.15, 0.2) is 0 Å². The molecule has 1 aromatic heterocycles. The Morgan fingerprint density at radius 1 is 1.32 bits per heavy atom. The fraction of sp³-hybridized carbons (Fsp3) is 0.692. The summed E-state index contributed by atoms with van der Waals surface area (Å²) in [5.41, 5.74) is 5.85. The summed E-state index contributed by atoms with van der Waals surface area (Å²) in [5.74, 6) is 1.02. The van der Waals surface area contributed by atoms with Crippen LogP contribution in [-0.2, 0) is 12.1 Å². The van der Waals surface area contributed by atoms with E-state index in [1.54, 1.807) is 6.92 Å². The number of piperazine rings is 1. The second kappa shape index (κ2) is 4.59. The first-order chi connectivity index (χ1) is 9.08. The van der Waals surface area contributed by atoms with Crippen LogP contribution < -0.4 is 16.0 Å². The van der Waals surface area contributed by atoms with E-state index < -0.39 is 5.67 Å². The van der Waals surface area contributed by atoms with Crippen molar-refractivity contribution in [3.63, 3.8) is 0 Å². The lowest BCUT2D eigenvalue weighted by Crippen LogP contribution is -2.45. The zero-order valence-electron chi connectivity index (χ0n) is 11.2. The number of hydrogen-bond donors (Lipinski definition) is 2. The highest BCUT2D eigenvalue weighted by molar-refractivity contribution is 5.54. The molecule has 1 atom stereocenters. The Balaban J connectivity index is 2.07. The maximum absolute atomic E-state index is 14.6. The molecule has 6 heteroatoms. The third-order valence-electron chi connectivity index (χ3n) is 3.99. The molecule has 0 radical (unpaired) electrons. The molecule has 104 valence electrons. The number of aromatic nitrogens is 2. The Labute approximate surface area is 112 Å². The van der Waals surface area contributed by atoms with E-state index in [1.807, 2.05) is 0 Å². The first-order valence-corrected chi connectivity index (χ1v) is 6.89. The highest BCUT2D eigenvalue weighted by Gasteiger charge is 2.36. The summed E-state index contributed by atoms with van der Waals surface area (Å²) in [4.78, 5) is 10.7. The van der Waals surface area contributed by atoms with Gasteiger partial charge in [0, 0.05) is 31.7 Å². The molecule has 2 heterocycles. The Bertz CT molecular complexity index is 482. The van der Waals surface area contributed by atoms with Crippen LogP contribution in [-0.4, -0.2) is 36.1 Å². The number of alkyl halides is 1. The van der Waals surface area contributed by atoms with E-state index in [0.717, 1.165) is 50.4 Å². The van der Waals surface area contributed by atoms with Crippen LogP contribution >= 0.6 is 0 Å². The summed E-state index contributed by atoms with van der Waals surface area (Å²) in [6.45, 7) is 5.20. The Kier molecular flexibility index (Phi) is 3.05. The molecule has 1 aromatic rings. The predicted molar refractivity (Wildman–Crippen MR) is 72.9 cm³/mol. The summed E-state index contributed by atoms with van der Waals surface area (Å²) >= 11 is 0. The van der Waals surface area contributed by atoms with Gasteiger partial charge >= 0.3 is 0 Å². The zero-order chi connectivity index (χ0) is 13.5. The largest absolute Gasteiger partial charge is 0.368 e. The standard InChI is InChI=1S/C13H20FN5/c1-13(14)4-2-3-9-10(13)17-12(15)18-11(9)19-7-5-16-6-8-19/h16H,2-8H2,1H3,(H2,15,17,18). The van der Waals surface area contributed by atoms with Crippen molar-refractivity contribution in [3.05, 3.63) is 11.3 Å². The van der Waals surface area contributed by atoms with E-state index in [0.29, 0.717) is 12.1 Å². The fourth-order valence-corrected chi connectivity index (χ4v) is 3.00. The maximum Gasteiger partial charge on any atom is 0.222 e. The zero-order valence-corrected chi connectivity index (χ0v) is 11.2. The minimum atomic E-state index is -1.38. The van der Waals surface area contributed by atoms with E-state index in [1.165, 1.54) is 0 Å². The summed E-state index contributed by atoms with van der Waals surface area (Å²) < 4.78 is 14.6. The predicted octanol–water partition coefficient (Wildman–Crippen LogP) is 0.989. The second-order valence-electron chi connectivity index (χ2n) is 5.52. The molecule has 0 bridgehead atoms. The fourth-order valence-electron chi connectivity index (χ4n) is 3.00. The van der Waals surface area contributed by atoms with Gasteiger partial charge in [0.05, 0.1) is 5.69 Å². The molecule has 3 rings (SSSR count). The van der Waals surface area contributed by atoms with Crippen LogP contribution in [0, 0.1) is 0 Å². The molecule has 1 saturated heterocycles. The van der Waals surface area contributed by atoms with Gasteiger partial charge in [-0.15, -0.1) is 0 Å². The first-order valence-electron chi connectivity index (χ1n) is 6.89. The lowest BCUT2D eigenvalue weighted by molar-refractivity contribution is 0.155. The number of rotatable bonds is 1. The summed E-state index contributed by atoms with van der Waals surface area (Å²) in [6.07, 6.45) is 2.19. The molecule has 0 spiro atoms. The lowest BCUT2D eigenvalue weighted by Gasteiger charge is -2.34. The van der Waals surface area contributed by atoms with Crippen molar-refractivity contribution in [2.24, 2.45) is 0 Å². The number of nitrogens with one attached hydrogen (secondary N) is 1. The summed E-state index contributed by atoms with van der Waals surface area (Å²) in [5, 5.41) is 3.31. The minimum absolute atomic E-state index is 0.179. The average Bonchev–Trinajstić information content (AvgIpc) is 2.40. The number of nitrogens with zero attached hydrogens (tertiary/aromatic N) is 3. The number of anilines is 2. The van der Waals surface area contributed by atoms with Crippen LogP contribution in [0.5, 0.6) is 0 Å². The van der Waals surface area contributed by atoms with Crippen LogP contribution in [0.4, 0.5) is 16.2 Å². The molecule has 2 aliphatic rings. The van der Waals surface area contributed by atoms with Crippen molar-refractivity contribution in [3.8, 4) is 0 Å². The van der Waals surface area contributed by atoms with Gasteiger partial charge in [0.25, 0.3) is 0 Å². The molecule has 0 amide bonds. The van der Waals surface area contributed by atoms with Gasteiger partial charge in [-0.1, -0.05) is 0 Å². The number of nitrogen functional groups attached to an aromatic ring is 1. The molecule has 5 nitrogen and oxygen atoms in total. The number of hydrogen-bond acceptors (Lipinski definition) is 5. The maximum atomic E-state index is 14.6. The van der Waals surface area contributed by atoms with Crippen LogP contribution in [0.2, 0.25) is 0 Å². The third-order valence-corrected chi connectivity index (χ3v) is 3.99. The smallest absolute Gasteiger partial charge is 0.222 e. The van der Waals surface area contributed by atoms with Crippen molar-refractivity contribution in [1.82, 2.24) is 15.3 Å². The van der Waals surface area contributed by atoms with Crippen LogP contribution in [0.25, 0.3) is 0 Å². The van der Waals surface area contributed by atoms with Crippen molar-refractivity contribution in [2.75, 3.05) is 36.8 Å². The molecule has 1 fully saturated rings. The number of nitrogens with two attached hydrogens (primary N) is 1. The van der Waals surface area contributed by atoms with E-state index in [9.17, 15) is 4.39 Å². The molecular weight excluding hydrogens is 245 g/mol. The van der Waals surface area contributed by atoms with E-state index in [4.69, 9.17) is 5.73 Å². The number of fused-ring (bicyclic) bond motifs is 1. The van der Waals surface area contributed by atoms with Gasteiger partial charge in [-0.25, -0.2) is 9.37 Å². The van der Waals surface area contributed by atoms with Gasteiger partial charge in [0.15, 0.2) is 5.67 Å². The molecule has 0 saturated carbocycles. The molecule has 19 heavy (non-hydrogen) atoms. The van der Waals surface area contributed by atoms with Crippen molar-refractivity contribution < 1.29 is 4.39 Å². The van der Waals surface area contributed by atoms with Crippen LogP contribution in [0.3, 0.4) is 0 Å². The summed E-state index contributed by atoms with van der Waals surface area (Å²) in [7, 11) is 0. The van der Waals surface area contributed by atoms with Gasteiger partial charge in [0.1, 0.15) is 5.82 Å². The topological polar surface area (TPSA) is 67.1 Å². The highest BCUT2D eigenvalue weighted by Crippen LogP contribution is 2.40. The van der Waals surface area contributed by atoms with E-state index in [-0.39, 0.29) is 5.95 Å². The quantitative estimate of drug-likeness (QED) is 0.792. The molecule has 0 aromatic carbocycles. The van der Waals surface area contributed by atoms with E-state index in [2.05, 4.69) is 20.2 Å². The lowest BCUT2D eigenvalue weighted by atomic mass is 9.85. The first kappa shape index (κ1) is 12.6. The van der Waals surface area contributed by atoms with Gasteiger partial charge in [-0.3, -0.25) is 0 Å². The Morgan fingerprint density at radius 3 is 2.79 bits per heavy atom. The van der Waals surface area contributed by atoms with Gasteiger partial charge in [0.2, 0.25) is 5.95 Å². The molecular formula is C13H20FN5. The molecule has 3 N–H and O–H groups in total. The SMILES string of the molecule is CC1(F)CCCc2c(N3CCNCC3)nc(N)nc21. The van der Waals surface area contributed by atoms with E-state index >= 15 is 0 Å². The van der Waals surface area contributed by atoms with Gasteiger partial charge < -0.3 is 16.0 Å². The number of halogens is 1. The monoisotopic (exact) mass is 265 g/mol. The third kappa shape index (κ3) is 2.25. The molecule has 1 aliphatic carbocycles. The van der Waals surface area contributed by atoms with Gasteiger partial charge in [-0.05, 0) is 26.2 Å².